The Morgan fingerprint density at radius 2 is 2.33 bits per heavy atom. The largest absolute Gasteiger partial charge is 0.305 e. The Labute approximate surface area is 93.5 Å². The van der Waals surface area contributed by atoms with Crippen LogP contribution in [0.4, 0.5) is 0 Å². The molecule has 3 nitrogen and oxygen atoms in total. The van der Waals surface area contributed by atoms with E-state index >= 15 is 0 Å². The van der Waals surface area contributed by atoms with Gasteiger partial charge in [0.15, 0.2) is 0 Å². The number of hydrogen-bond donors (Lipinski definition) is 1. The summed E-state index contributed by atoms with van der Waals surface area (Å²) in [5.41, 5.74) is 0. The van der Waals surface area contributed by atoms with Gasteiger partial charge in [0, 0.05) is 12.6 Å². The van der Waals surface area contributed by atoms with E-state index in [1.54, 1.807) is 0 Å². The van der Waals surface area contributed by atoms with Crippen molar-refractivity contribution in [3.8, 4) is 6.07 Å². The minimum absolute atomic E-state index is 0.0180. The standard InChI is InChI=1S/C12H23N3/c1-3-12-6-4-5-8-15(12)9-7-11(10-13)14-2/h11-12,14H,3-9H2,1-2H3. The fourth-order valence-electron chi connectivity index (χ4n) is 2.39. The molecule has 0 aromatic carbocycles. The van der Waals surface area contributed by atoms with Gasteiger partial charge in [-0.25, -0.2) is 0 Å². The summed E-state index contributed by atoms with van der Waals surface area (Å²) >= 11 is 0. The summed E-state index contributed by atoms with van der Waals surface area (Å²) in [6, 6.07) is 3.06. The fraction of sp³-hybridized carbons (Fsp3) is 0.917. The summed E-state index contributed by atoms with van der Waals surface area (Å²) < 4.78 is 0. The lowest BCUT2D eigenvalue weighted by molar-refractivity contribution is 0.140. The van der Waals surface area contributed by atoms with Crippen LogP contribution in [0.1, 0.15) is 39.0 Å². The van der Waals surface area contributed by atoms with Gasteiger partial charge >= 0.3 is 0 Å². The molecule has 2 atom stereocenters. The molecule has 0 bridgehead atoms. The van der Waals surface area contributed by atoms with Crippen molar-refractivity contribution in [1.82, 2.24) is 10.2 Å². The highest BCUT2D eigenvalue weighted by Gasteiger charge is 2.20. The summed E-state index contributed by atoms with van der Waals surface area (Å²) in [4.78, 5) is 2.56. The van der Waals surface area contributed by atoms with Crippen molar-refractivity contribution in [2.75, 3.05) is 20.1 Å². The quantitative estimate of drug-likeness (QED) is 0.750. The number of rotatable bonds is 5. The van der Waals surface area contributed by atoms with Gasteiger partial charge in [0.25, 0.3) is 0 Å². The highest BCUT2D eigenvalue weighted by atomic mass is 15.2. The lowest BCUT2D eigenvalue weighted by Crippen LogP contribution is -2.41. The first-order valence-corrected chi connectivity index (χ1v) is 6.12. The van der Waals surface area contributed by atoms with Crippen LogP contribution in [0, 0.1) is 11.3 Å². The molecule has 0 aromatic rings. The van der Waals surface area contributed by atoms with Crippen molar-refractivity contribution >= 4 is 0 Å². The molecule has 0 aromatic heterocycles. The number of nitrogens with one attached hydrogen (secondary N) is 1. The third-order valence-electron chi connectivity index (χ3n) is 3.43. The van der Waals surface area contributed by atoms with Crippen molar-refractivity contribution in [3.63, 3.8) is 0 Å². The Bertz CT molecular complexity index is 209. The van der Waals surface area contributed by atoms with E-state index in [0.717, 1.165) is 19.0 Å². The molecule has 1 aliphatic rings. The van der Waals surface area contributed by atoms with Crippen LogP contribution in [0.3, 0.4) is 0 Å². The Kier molecular flexibility index (Phi) is 5.67. The predicted octanol–water partition coefficient (Wildman–Crippen LogP) is 1.75. The van der Waals surface area contributed by atoms with Crippen molar-refractivity contribution < 1.29 is 0 Å². The van der Waals surface area contributed by atoms with Gasteiger partial charge in [0.2, 0.25) is 0 Å². The third kappa shape index (κ3) is 3.81. The first kappa shape index (κ1) is 12.5. The molecule has 1 rings (SSSR count). The summed E-state index contributed by atoms with van der Waals surface area (Å²) in [5, 5.41) is 11.9. The number of piperidine rings is 1. The molecule has 1 fully saturated rings. The second kappa shape index (κ2) is 6.81. The van der Waals surface area contributed by atoms with E-state index in [0.29, 0.717) is 0 Å². The molecule has 0 spiro atoms. The fourth-order valence-corrected chi connectivity index (χ4v) is 2.39. The first-order chi connectivity index (χ1) is 7.31. The highest BCUT2D eigenvalue weighted by molar-refractivity contribution is 4.89. The SMILES string of the molecule is CCC1CCCCN1CCC(C#N)NC. The molecule has 0 amide bonds. The van der Waals surface area contributed by atoms with Gasteiger partial charge in [0.05, 0.1) is 12.1 Å². The third-order valence-corrected chi connectivity index (χ3v) is 3.43. The summed E-state index contributed by atoms with van der Waals surface area (Å²) in [6.45, 7) is 4.56. The Morgan fingerprint density at radius 3 is 2.93 bits per heavy atom. The maximum atomic E-state index is 8.85. The molecule has 15 heavy (non-hydrogen) atoms. The molecule has 0 saturated carbocycles. The van der Waals surface area contributed by atoms with Crippen LogP contribution >= 0.6 is 0 Å². The van der Waals surface area contributed by atoms with E-state index in [1.165, 1.54) is 32.2 Å². The first-order valence-electron chi connectivity index (χ1n) is 6.12. The Morgan fingerprint density at radius 1 is 1.53 bits per heavy atom. The van der Waals surface area contributed by atoms with Crippen molar-refractivity contribution in [1.29, 1.82) is 5.26 Å². The number of nitriles is 1. The van der Waals surface area contributed by atoms with E-state index in [4.69, 9.17) is 5.26 Å². The summed E-state index contributed by atoms with van der Waals surface area (Å²) in [7, 11) is 1.86. The van der Waals surface area contributed by atoms with E-state index in [9.17, 15) is 0 Å². The lowest BCUT2D eigenvalue weighted by Gasteiger charge is -2.35. The molecule has 3 heteroatoms. The predicted molar refractivity (Wildman–Crippen MR) is 62.6 cm³/mol. The van der Waals surface area contributed by atoms with Crippen LogP contribution in [0.5, 0.6) is 0 Å². The average Bonchev–Trinajstić information content (AvgIpc) is 2.31. The van der Waals surface area contributed by atoms with Crippen LogP contribution in [0.2, 0.25) is 0 Å². The highest BCUT2D eigenvalue weighted by Crippen LogP contribution is 2.19. The zero-order valence-electron chi connectivity index (χ0n) is 10.00. The van der Waals surface area contributed by atoms with Crippen molar-refractivity contribution in [3.05, 3.63) is 0 Å². The second-order valence-electron chi connectivity index (χ2n) is 4.35. The molecule has 1 saturated heterocycles. The Balaban J connectivity index is 2.32. The zero-order chi connectivity index (χ0) is 11.1. The molecular weight excluding hydrogens is 186 g/mol. The minimum Gasteiger partial charge on any atom is -0.305 e. The van der Waals surface area contributed by atoms with Gasteiger partial charge in [0.1, 0.15) is 0 Å². The molecule has 2 unspecified atom stereocenters. The summed E-state index contributed by atoms with van der Waals surface area (Å²) in [5.74, 6) is 0. The number of hydrogen-bond acceptors (Lipinski definition) is 3. The second-order valence-corrected chi connectivity index (χ2v) is 4.35. The molecule has 1 aliphatic heterocycles. The van der Waals surface area contributed by atoms with Gasteiger partial charge < -0.3 is 10.2 Å². The van der Waals surface area contributed by atoms with Crippen LogP contribution < -0.4 is 5.32 Å². The van der Waals surface area contributed by atoms with Gasteiger partial charge in [-0.3, -0.25) is 0 Å². The lowest BCUT2D eigenvalue weighted by atomic mass is 9.99. The van der Waals surface area contributed by atoms with E-state index < -0.39 is 0 Å². The molecule has 86 valence electrons. The Hall–Kier alpha value is -0.590. The molecular formula is C12H23N3. The van der Waals surface area contributed by atoms with Crippen LogP contribution in [0.25, 0.3) is 0 Å². The molecule has 0 radical (unpaired) electrons. The monoisotopic (exact) mass is 209 g/mol. The topological polar surface area (TPSA) is 39.1 Å². The zero-order valence-corrected chi connectivity index (χ0v) is 10.00. The smallest absolute Gasteiger partial charge is 0.0962 e. The molecule has 0 aliphatic carbocycles. The van der Waals surface area contributed by atoms with Crippen LogP contribution in [0.15, 0.2) is 0 Å². The van der Waals surface area contributed by atoms with Gasteiger partial charge in [-0.15, -0.1) is 0 Å². The van der Waals surface area contributed by atoms with Gasteiger partial charge in [-0.2, -0.15) is 5.26 Å². The molecule has 1 heterocycles. The van der Waals surface area contributed by atoms with Crippen molar-refractivity contribution in [2.45, 2.75) is 51.1 Å². The number of nitrogens with zero attached hydrogens (tertiary/aromatic N) is 2. The van der Waals surface area contributed by atoms with Gasteiger partial charge in [-0.1, -0.05) is 13.3 Å². The maximum Gasteiger partial charge on any atom is 0.0962 e. The van der Waals surface area contributed by atoms with E-state index in [1.807, 2.05) is 7.05 Å². The minimum atomic E-state index is 0.0180. The van der Waals surface area contributed by atoms with Crippen molar-refractivity contribution in [2.24, 2.45) is 0 Å². The number of likely N-dealkylation sites (tertiary alicyclic amines) is 1. The average molecular weight is 209 g/mol. The normalized spacial score (nSPS) is 24.7. The van der Waals surface area contributed by atoms with E-state index in [2.05, 4.69) is 23.2 Å². The van der Waals surface area contributed by atoms with Crippen LogP contribution in [-0.2, 0) is 0 Å². The molecule has 1 N–H and O–H groups in total. The van der Waals surface area contributed by atoms with Gasteiger partial charge in [-0.05, 0) is 39.3 Å². The maximum absolute atomic E-state index is 8.85. The van der Waals surface area contributed by atoms with Crippen LogP contribution in [-0.4, -0.2) is 37.1 Å². The summed E-state index contributed by atoms with van der Waals surface area (Å²) in [6.07, 6.45) is 6.24. The van der Waals surface area contributed by atoms with E-state index in [-0.39, 0.29) is 6.04 Å².